The van der Waals surface area contributed by atoms with Gasteiger partial charge >= 0.3 is 105 Å². The molecule has 0 bridgehead atoms. The van der Waals surface area contributed by atoms with Crippen molar-refractivity contribution in [1.29, 1.82) is 0 Å². The standard InChI is InChI=1S/C12H12O2S2.C12H12O2SSe/c1-7-3-4-9(15-7)12-11-10(8(2)16-12)13-5-6-14-11;1-7-3-4-9(16-7)12-11-10(8(2)15-12)13-5-6-14-11/h2*3-4H,5-6H2,1-2H3. The van der Waals surface area contributed by atoms with Crippen LogP contribution in [0.15, 0.2) is 24.3 Å². The summed E-state index contributed by atoms with van der Waals surface area (Å²) in [6.07, 6.45) is 0. The second-order valence-corrected chi connectivity index (χ2v) is 13.9. The number of aryl methyl sites for hydroxylation is 4. The molecule has 0 saturated heterocycles. The van der Waals surface area contributed by atoms with E-state index in [1.165, 1.54) is 38.1 Å². The maximum Gasteiger partial charge on any atom is 0.181 e. The fourth-order valence-electron chi connectivity index (χ4n) is 3.63. The number of fused-ring (bicyclic) bond motifs is 2. The monoisotopic (exact) mass is 552 g/mol. The van der Waals surface area contributed by atoms with E-state index < -0.39 is 0 Å². The van der Waals surface area contributed by atoms with Gasteiger partial charge in [0.25, 0.3) is 0 Å². The van der Waals surface area contributed by atoms with E-state index in [-0.39, 0.29) is 0 Å². The summed E-state index contributed by atoms with van der Waals surface area (Å²) in [7, 11) is 0. The summed E-state index contributed by atoms with van der Waals surface area (Å²) in [4.78, 5) is 7.52. The van der Waals surface area contributed by atoms with E-state index in [0.29, 0.717) is 40.9 Å². The Bertz CT molecular complexity index is 1150. The van der Waals surface area contributed by atoms with Crippen LogP contribution in [0.5, 0.6) is 23.0 Å². The zero-order valence-corrected chi connectivity index (χ0v) is 22.6. The van der Waals surface area contributed by atoms with E-state index in [1.807, 2.05) is 0 Å². The topological polar surface area (TPSA) is 36.9 Å². The Morgan fingerprint density at radius 3 is 1.72 bits per heavy atom. The number of hydrogen-bond acceptors (Lipinski definition) is 7. The van der Waals surface area contributed by atoms with Crippen molar-refractivity contribution in [2.24, 2.45) is 0 Å². The van der Waals surface area contributed by atoms with Gasteiger partial charge in [0.15, 0.2) is 11.5 Å². The molecule has 2 aliphatic rings. The van der Waals surface area contributed by atoms with Crippen molar-refractivity contribution >= 4 is 48.5 Å². The van der Waals surface area contributed by atoms with Gasteiger partial charge in [-0.05, 0) is 26.0 Å². The largest absolute Gasteiger partial charge is 0.485 e. The van der Waals surface area contributed by atoms with Gasteiger partial charge in [-0.25, -0.2) is 0 Å². The van der Waals surface area contributed by atoms with Crippen molar-refractivity contribution in [2.45, 2.75) is 27.7 Å². The number of rotatable bonds is 2. The van der Waals surface area contributed by atoms with Crippen LogP contribution < -0.4 is 18.9 Å². The van der Waals surface area contributed by atoms with E-state index in [2.05, 4.69) is 52.0 Å². The van der Waals surface area contributed by atoms with Crippen LogP contribution in [0.2, 0.25) is 0 Å². The van der Waals surface area contributed by atoms with E-state index in [1.54, 1.807) is 34.0 Å². The maximum absolute atomic E-state index is 5.75. The Balaban J connectivity index is 0.000000135. The summed E-state index contributed by atoms with van der Waals surface area (Å²) in [6, 6.07) is 8.73. The maximum atomic E-state index is 5.75. The molecule has 6 heterocycles. The van der Waals surface area contributed by atoms with E-state index in [0.717, 1.165) is 23.0 Å². The predicted octanol–water partition coefficient (Wildman–Crippen LogP) is 6.72. The summed E-state index contributed by atoms with van der Waals surface area (Å²) in [5.74, 6) is 3.82. The summed E-state index contributed by atoms with van der Waals surface area (Å²) < 4.78 is 25.7. The van der Waals surface area contributed by atoms with Crippen molar-refractivity contribution < 1.29 is 18.9 Å². The molecule has 4 aromatic heterocycles. The summed E-state index contributed by atoms with van der Waals surface area (Å²) in [5.41, 5.74) is 0. The Morgan fingerprint density at radius 2 is 1.19 bits per heavy atom. The molecule has 0 unspecified atom stereocenters. The molecular weight excluding hydrogens is 527 g/mol. The Morgan fingerprint density at radius 1 is 0.625 bits per heavy atom. The van der Waals surface area contributed by atoms with Gasteiger partial charge in [-0.15, -0.1) is 22.7 Å². The third kappa shape index (κ3) is 4.27. The first-order valence-corrected chi connectivity index (χ1v) is 14.6. The zero-order chi connectivity index (χ0) is 22.2. The molecule has 0 radical (unpaired) electrons. The van der Waals surface area contributed by atoms with Crippen LogP contribution in [0.1, 0.15) is 19.1 Å². The Labute approximate surface area is 206 Å². The normalized spacial score (nSPS) is 14.1. The van der Waals surface area contributed by atoms with Gasteiger partial charge in [0, 0.05) is 14.6 Å². The van der Waals surface area contributed by atoms with Crippen molar-refractivity contribution in [2.75, 3.05) is 26.4 Å². The predicted molar refractivity (Wildman–Crippen MR) is 135 cm³/mol. The van der Waals surface area contributed by atoms with Gasteiger partial charge in [0.05, 0.1) is 4.88 Å². The molecule has 4 aromatic rings. The summed E-state index contributed by atoms with van der Waals surface area (Å²) in [6.45, 7) is 11.2. The van der Waals surface area contributed by atoms with Crippen LogP contribution in [0, 0.1) is 27.7 Å². The molecule has 0 N–H and O–H groups in total. The molecule has 6 rings (SSSR count). The van der Waals surface area contributed by atoms with Gasteiger partial charge in [0.1, 0.15) is 13.2 Å². The van der Waals surface area contributed by atoms with Crippen molar-refractivity contribution in [3.63, 3.8) is 0 Å². The van der Waals surface area contributed by atoms with Crippen molar-refractivity contribution in [1.82, 2.24) is 0 Å². The molecule has 0 aliphatic carbocycles. The molecular formula is C24H24O4S3Se. The average Bonchev–Trinajstić information content (AvgIpc) is 3.57. The van der Waals surface area contributed by atoms with Crippen LogP contribution in [0.25, 0.3) is 19.1 Å². The number of ether oxygens (including phenoxy) is 4. The zero-order valence-electron chi connectivity index (χ0n) is 18.4. The summed E-state index contributed by atoms with van der Waals surface area (Å²) >= 11 is 5.82. The first kappa shape index (κ1) is 22.1. The van der Waals surface area contributed by atoms with Gasteiger partial charge in [-0.3, -0.25) is 0 Å². The van der Waals surface area contributed by atoms with Crippen molar-refractivity contribution in [3.8, 4) is 42.1 Å². The van der Waals surface area contributed by atoms with Gasteiger partial charge in [-0.2, -0.15) is 0 Å². The molecule has 8 heteroatoms. The third-order valence-corrected chi connectivity index (χ3v) is 10.8. The fraction of sp³-hybridized carbons (Fsp3) is 0.333. The minimum Gasteiger partial charge on any atom is -0.485 e. The van der Waals surface area contributed by atoms with E-state index in [4.69, 9.17) is 18.9 Å². The van der Waals surface area contributed by atoms with Crippen molar-refractivity contribution in [3.05, 3.63) is 43.3 Å². The Hall–Kier alpha value is -1.70. The summed E-state index contributed by atoms with van der Waals surface area (Å²) in [5, 5.41) is 0. The first-order valence-electron chi connectivity index (χ1n) is 10.4. The number of hydrogen-bond donors (Lipinski definition) is 0. The molecule has 32 heavy (non-hydrogen) atoms. The smallest absolute Gasteiger partial charge is 0.181 e. The van der Waals surface area contributed by atoms with E-state index in [9.17, 15) is 0 Å². The minimum atomic E-state index is 0.464. The molecule has 2 aliphatic heterocycles. The van der Waals surface area contributed by atoms with Crippen LogP contribution in [-0.4, -0.2) is 40.9 Å². The molecule has 0 aromatic carbocycles. The first-order chi connectivity index (χ1) is 15.5. The molecule has 4 nitrogen and oxygen atoms in total. The third-order valence-electron chi connectivity index (χ3n) is 5.06. The molecule has 0 atom stereocenters. The fourth-order valence-corrected chi connectivity index (χ4v) is 8.77. The molecule has 0 fully saturated rings. The number of thiophene rings is 3. The molecule has 0 saturated carbocycles. The van der Waals surface area contributed by atoms with Gasteiger partial charge in [-0.1, -0.05) is 0 Å². The second kappa shape index (κ2) is 9.27. The second-order valence-electron chi connectivity index (χ2n) is 7.51. The van der Waals surface area contributed by atoms with Crippen LogP contribution in [0.4, 0.5) is 0 Å². The average molecular weight is 552 g/mol. The van der Waals surface area contributed by atoms with Gasteiger partial charge < -0.3 is 9.47 Å². The molecule has 0 spiro atoms. The Kier molecular flexibility index (Phi) is 6.41. The molecule has 0 amide bonds. The molecule has 168 valence electrons. The van der Waals surface area contributed by atoms with E-state index >= 15 is 0 Å². The van der Waals surface area contributed by atoms with Gasteiger partial charge in [0.2, 0.25) is 0 Å². The quantitative estimate of drug-likeness (QED) is 0.259. The van der Waals surface area contributed by atoms with Crippen LogP contribution in [0.3, 0.4) is 0 Å². The minimum absolute atomic E-state index is 0.464. The van der Waals surface area contributed by atoms with Crippen LogP contribution in [-0.2, 0) is 0 Å². The van der Waals surface area contributed by atoms with Crippen LogP contribution >= 0.6 is 34.0 Å². The SMILES string of the molecule is Cc1ccc(-c2sc(C)c3c2OCCO3)[se]1.Cc1ccc(-c2sc(C)c3c2OCCO3)s1.